The molecule has 0 saturated heterocycles. The summed E-state index contributed by atoms with van der Waals surface area (Å²) in [4.78, 5) is 12.7. The van der Waals surface area contributed by atoms with Crippen molar-refractivity contribution in [1.29, 1.82) is 0 Å². The Morgan fingerprint density at radius 2 is 1.65 bits per heavy atom. The molecule has 0 aliphatic rings. The standard InChI is InChI=1S/C20H30BNO4/c1-13-16(21-26-20(7,8)19(5,6)24)14-11-9-10-12-15(14)22(13)17(23)25-18(2,3)4/h9-12,21,24H,1-8H3. The molecule has 2 rings (SSSR count). The van der Waals surface area contributed by atoms with E-state index in [2.05, 4.69) is 0 Å². The zero-order valence-electron chi connectivity index (χ0n) is 17.1. The predicted molar refractivity (Wildman–Crippen MR) is 107 cm³/mol. The van der Waals surface area contributed by atoms with Gasteiger partial charge < -0.3 is 14.5 Å². The lowest BCUT2D eigenvalue weighted by molar-refractivity contribution is -0.0893. The van der Waals surface area contributed by atoms with E-state index in [9.17, 15) is 9.90 Å². The Labute approximate surface area is 156 Å². The van der Waals surface area contributed by atoms with E-state index >= 15 is 0 Å². The average Bonchev–Trinajstić information content (AvgIpc) is 2.74. The smallest absolute Gasteiger partial charge is 0.419 e. The number of nitrogens with zero attached hydrogens (tertiary/aromatic N) is 1. The second kappa shape index (κ2) is 6.74. The van der Waals surface area contributed by atoms with Gasteiger partial charge in [0.1, 0.15) is 5.60 Å². The maximum absolute atomic E-state index is 12.7. The number of benzene rings is 1. The fourth-order valence-electron chi connectivity index (χ4n) is 2.59. The summed E-state index contributed by atoms with van der Waals surface area (Å²) in [7, 11) is 0.291. The summed E-state index contributed by atoms with van der Waals surface area (Å²) in [5.41, 5.74) is 0.183. The molecule has 142 valence electrons. The summed E-state index contributed by atoms with van der Waals surface area (Å²) < 4.78 is 13.2. The van der Waals surface area contributed by atoms with Crippen LogP contribution < -0.4 is 5.46 Å². The van der Waals surface area contributed by atoms with Gasteiger partial charge in [-0.2, -0.15) is 0 Å². The van der Waals surface area contributed by atoms with Crippen molar-refractivity contribution < 1.29 is 19.3 Å². The molecule has 1 aromatic carbocycles. The van der Waals surface area contributed by atoms with Crippen molar-refractivity contribution in [1.82, 2.24) is 4.57 Å². The Kier molecular flexibility index (Phi) is 5.32. The van der Waals surface area contributed by atoms with Gasteiger partial charge in [-0.25, -0.2) is 4.79 Å². The van der Waals surface area contributed by atoms with E-state index < -0.39 is 22.9 Å². The number of hydrogen-bond acceptors (Lipinski definition) is 4. The molecule has 0 atom stereocenters. The molecule has 0 aliphatic carbocycles. The van der Waals surface area contributed by atoms with E-state index in [4.69, 9.17) is 9.39 Å². The first-order valence-corrected chi connectivity index (χ1v) is 8.93. The van der Waals surface area contributed by atoms with Crippen molar-refractivity contribution >= 4 is 29.9 Å². The molecule has 6 heteroatoms. The van der Waals surface area contributed by atoms with Crippen molar-refractivity contribution in [2.24, 2.45) is 0 Å². The quantitative estimate of drug-likeness (QED) is 0.852. The fraction of sp³-hybridized carbons (Fsp3) is 0.550. The number of ether oxygens (including phenoxy) is 1. The van der Waals surface area contributed by atoms with E-state index in [1.807, 2.05) is 65.8 Å². The summed E-state index contributed by atoms with van der Waals surface area (Å²) in [5, 5.41) is 11.3. The van der Waals surface area contributed by atoms with Gasteiger partial charge in [-0.1, -0.05) is 18.2 Å². The van der Waals surface area contributed by atoms with Gasteiger partial charge in [-0.15, -0.1) is 0 Å². The Balaban J connectivity index is 2.46. The van der Waals surface area contributed by atoms with Crippen LogP contribution in [0.1, 0.15) is 54.2 Å². The van der Waals surface area contributed by atoms with Gasteiger partial charge in [0.25, 0.3) is 0 Å². The lowest BCUT2D eigenvalue weighted by atomic mass is 9.81. The van der Waals surface area contributed by atoms with Crippen LogP contribution in [0.4, 0.5) is 4.79 Å². The van der Waals surface area contributed by atoms with Crippen LogP contribution in [0.25, 0.3) is 10.9 Å². The summed E-state index contributed by atoms with van der Waals surface area (Å²) in [6, 6.07) is 7.70. The molecule has 0 bridgehead atoms. The highest BCUT2D eigenvalue weighted by Gasteiger charge is 2.36. The lowest BCUT2D eigenvalue weighted by Crippen LogP contribution is -2.49. The maximum Gasteiger partial charge on any atom is 0.419 e. The first kappa shape index (κ1) is 20.5. The molecule has 1 heterocycles. The number of aromatic nitrogens is 1. The molecule has 1 N–H and O–H groups in total. The molecule has 0 spiro atoms. The van der Waals surface area contributed by atoms with Crippen LogP contribution in [-0.4, -0.2) is 40.1 Å². The normalized spacial score (nSPS) is 13.1. The van der Waals surface area contributed by atoms with Crippen molar-refractivity contribution in [2.75, 3.05) is 0 Å². The first-order valence-electron chi connectivity index (χ1n) is 8.93. The van der Waals surface area contributed by atoms with E-state index in [0.29, 0.717) is 7.48 Å². The first-order chi connectivity index (χ1) is 11.7. The monoisotopic (exact) mass is 359 g/mol. The summed E-state index contributed by atoms with van der Waals surface area (Å²) >= 11 is 0. The zero-order chi connectivity index (χ0) is 19.9. The summed E-state index contributed by atoms with van der Waals surface area (Å²) in [6.07, 6.45) is -0.404. The second-order valence-electron chi connectivity index (χ2n) is 8.75. The third-order valence-electron chi connectivity index (χ3n) is 4.87. The highest BCUT2D eigenvalue weighted by molar-refractivity contribution is 6.52. The Morgan fingerprint density at radius 3 is 2.19 bits per heavy atom. The highest BCUT2D eigenvalue weighted by Crippen LogP contribution is 2.25. The Bertz CT molecular complexity index is 810. The third-order valence-corrected chi connectivity index (χ3v) is 4.87. The molecule has 0 radical (unpaired) electrons. The average molecular weight is 359 g/mol. The number of para-hydroxylation sites is 1. The van der Waals surface area contributed by atoms with Crippen molar-refractivity contribution in [3.63, 3.8) is 0 Å². The van der Waals surface area contributed by atoms with Gasteiger partial charge in [0.05, 0.1) is 16.7 Å². The minimum absolute atomic E-state index is 0.291. The maximum atomic E-state index is 12.7. The van der Waals surface area contributed by atoms with Crippen molar-refractivity contribution in [3.05, 3.63) is 30.0 Å². The molecule has 26 heavy (non-hydrogen) atoms. The van der Waals surface area contributed by atoms with Crippen LogP contribution in [0.2, 0.25) is 0 Å². The number of carbonyl (C=O) groups excluding carboxylic acids is 1. The second-order valence-corrected chi connectivity index (χ2v) is 8.75. The molecular formula is C20H30BNO4. The zero-order valence-corrected chi connectivity index (χ0v) is 17.1. The molecule has 0 saturated carbocycles. The van der Waals surface area contributed by atoms with Crippen LogP contribution in [0, 0.1) is 6.92 Å². The molecule has 2 aromatic rings. The van der Waals surface area contributed by atoms with Crippen molar-refractivity contribution in [2.45, 2.75) is 72.2 Å². The largest absolute Gasteiger partial charge is 0.443 e. The third kappa shape index (κ3) is 4.13. The Morgan fingerprint density at radius 1 is 1.08 bits per heavy atom. The number of rotatable bonds is 4. The van der Waals surface area contributed by atoms with Gasteiger partial charge in [-0.3, -0.25) is 4.57 Å². The van der Waals surface area contributed by atoms with E-state index in [1.165, 1.54) is 0 Å². The van der Waals surface area contributed by atoms with Crippen LogP contribution >= 0.6 is 0 Å². The van der Waals surface area contributed by atoms with Crippen LogP contribution in [0.3, 0.4) is 0 Å². The molecule has 0 amide bonds. The number of hydrogen-bond donors (Lipinski definition) is 1. The van der Waals surface area contributed by atoms with Gasteiger partial charge in [0.15, 0.2) is 0 Å². The van der Waals surface area contributed by atoms with Crippen LogP contribution in [0.5, 0.6) is 0 Å². The summed E-state index contributed by atoms with van der Waals surface area (Å²) in [5.74, 6) is 0. The van der Waals surface area contributed by atoms with Crippen molar-refractivity contribution in [3.8, 4) is 0 Å². The van der Waals surface area contributed by atoms with E-state index in [-0.39, 0.29) is 0 Å². The van der Waals surface area contributed by atoms with Gasteiger partial charge in [0, 0.05) is 5.69 Å². The molecule has 1 aromatic heterocycles. The van der Waals surface area contributed by atoms with Crippen LogP contribution in [-0.2, 0) is 9.39 Å². The topological polar surface area (TPSA) is 60.7 Å². The van der Waals surface area contributed by atoms with Gasteiger partial charge in [0.2, 0.25) is 0 Å². The fourth-order valence-corrected chi connectivity index (χ4v) is 2.59. The van der Waals surface area contributed by atoms with Crippen LogP contribution in [0.15, 0.2) is 24.3 Å². The molecule has 0 unspecified atom stereocenters. The van der Waals surface area contributed by atoms with E-state index in [1.54, 1.807) is 18.4 Å². The minimum atomic E-state index is -0.996. The number of carbonyl (C=O) groups is 1. The van der Waals surface area contributed by atoms with Gasteiger partial charge >= 0.3 is 13.6 Å². The molecule has 0 fully saturated rings. The molecule has 0 aliphatic heterocycles. The Hall–Kier alpha value is -1.79. The highest BCUT2D eigenvalue weighted by atomic mass is 16.6. The SMILES string of the molecule is Cc1c(BOC(C)(C)C(C)(C)O)c2ccccc2n1C(=O)OC(C)(C)C. The van der Waals surface area contributed by atoms with Gasteiger partial charge in [-0.05, 0) is 72.3 Å². The van der Waals surface area contributed by atoms with E-state index in [0.717, 1.165) is 22.1 Å². The predicted octanol–water partition coefficient (Wildman–Crippen LogP) is 3.28. The summed E-state index contributed by atoms with van der Waals surface area (Å²) in [6.45, 7) is 14.6. The minimum Gasteiger partial charge on any atom is -0.443 e. The lowest BCUT2D eigenvalue weighted by Gasteiger charge is -2.37. The molecular weight excluding hydrogens is 329 g/mol. The number of aliphatic hydroxyl groups is 1. The molecule has 5 nitrogen and oxygen atoms in total. The number of fused-ring (bicyclic) bond motifs is 1.